The number of ether oxygens (including phenoxy) is 1. The minimum atomic E-state index is -0.411. The van der Waals surface area contributed by atoms with E-state index in [-0.39, 0.29) is 24.6 Å². The number of fused-ring (bicyclic) bond motifs is 1. The predicted molar refractivity (Wildman–Crippen MR) is 117 cm³/mol. The first kappa shape index (κ1) is 20.6. The van der Waals surface area contributed by atoms with Crippen molar-refractivity contribution in [2.75, 3.05) is 6.61 Å². The molecule has 1 N–H and O–H groups in total. The Bertz CT molecular complexity index is 1250. The van der Waals surface area contributed by atoms with E-state index in [1.54, 1.807) is 18.2 Å². The molecule has 0 aliphatic rings. The number of aromatic nitrogens is 2. The van der Waals surface area contributed by atoms with E-state index in [9.17, 15) is 14.0 Å². The Morgan fingerprint density at radius 1 is 1.06 bits per heavy atom. The molecule has 0 saturated carbocycles. The fraction of sp³-hybridized carbons (Fsp3) is 0.200. The van der Waals surface area contributed by atoms with E-state index in [0.717, 1.165) is 33.5 Å². The number of H-pyrrole nitrogens is 1. The van der Waals surface area contributed by atoms with Crippen molar-refractivity contribution < 1.29 is 18.7 Å². The third kappa shape index (κ3) is 4.28. The molecule has 4 rings (SSSR count). The third-order valence-corrected chi connectivity index (χ3v) is 5.45. The first-order valence-electron chi connectivity index (χ1n) is 10.1. The van der Waals surface area contributed by atoms with Crippen LogP contribution in [0.2, 0.25) is 0 Å². The standard InChI is InChI=1S/C25H23FN2O3/c1-16-13-22(17(2)28(16)20-10-8-19(26)9-11-20)24(29)15-31-25(30)12-7-18-14-27-23-6-4-3-5-21(18)23/h3-6,8-11,13-14,27H,7,12,15H2,1-2H3. The molecule has 0 atom stereocenters. The summed E-state index contributed by atoms with van der Waals surface area (Å²) in [6.07, 6.45) is 2.63. The van der Waals surface area contributed by atoms with Crippen LogP contribution in [0.25, 0.3) is 16.6 Å². The largest absolute Gasteiger partial charge is 0.457 e. The predicted octanol–water partition coefficient (Wildman–Crippen LogP) is 5.07. The molecule has 2 aromatic heterocycles. The summed E-state index contributed by atoms with van der Waals surface area (Å²) in [6.45, 7) is 3.39. The highest BCUT2D eigenvalue weighted by Gasteiger charge is 2.18. The number of nitrogens with zero attached hydrogens (tertiary/aromatic N) is 1. The van der Waals surface area contributed by atoms with Gasteiger partial charge in [-0.3, -0.25) is 9.59 Å². The minimum absolute atomic E-state index is 0.198. The van der Waals surface area contributed by atoms with Crippen molar-refractivity contribution in [1.29, 1.82) is 0 Å². The highest BCUT2D eigenvalue weighted by atomic mass is 19.1. The molecule has 0 aliphatic heterocycles. The molecule has 0 radical (unpaired) electrons. The monoisotopic (exact) mass is 418 g/mol. The second-order valence-corrected chi connectivity index (χ2v) is 7.54. The van der Waals surface area contributed by atoms with Gasteiger partial charge in [0, 0.05) is 46.2 Å². The minimum Gasteiger partial charge on any atom is -0.457 e. The number of para-hydroxylation sites is 1. The molecule has 2 heterocycles. The van der Waals surface area contributed by atoms with Gasteiger partial charge in [-0.15, -0.1) is 0 Å². The summed E-state index contributed by atoms with van der Waals surface area (Å²) in [5.74, 6) is -0.991. The number of halogens is 1. The topological polar surface area (TPSA) is 64.1 Å². The molecule has 31 heavy (non-hydrogen) atoms. The summed E-state index contributed by atoms with van der Waals surface area (Å²) >= 11 is 0. The first-order chi connectivity index (χ1) is 14.9. The van der Waals surface area contributed by atoms with Gasteiger partial charge < -0.3 is 14.3 Å². The number of hydrogen-bond acceptors (Lipinski definition) is 3. The molecule has 0 fully saturated rings. The van der Waals surface area contributed by atoms with E-state index in [2.05, 4.69) is 4.98 Å². The maximum Gasteiger partial charge on any atom is 0.306 e. The molecular weight excluding hydrogens is 395 g/mol. The molecule has 0 amide bonds. The van der Waals surface area contributed by atoms with Crippen LogP contribution < -0.4 is 0 Å². The molecule has 5 nitrogen and oxygen atoms in total. The lowest BCUT2D eigenvalue weighted by Crippen LogP contribution is -2.15. The van der Waals surface area contributed by atoms with Crippen LogP contribution in [0.4, 0.5) is 4.39 Å². The first-order valence-corrected chi connectivity index (χ1v) is 10.1. The van der Waals surface area contributed by atoms with Crippen molar-refractivity contribution in [2.45, 2.75) is 26.7 Å². The molecule has 0 aliphatic carbocycles. The maximum atomic E-state index is 13.2. The summed E-state index contributed by atoms with van der Waals surface area (Å²) in [6, 6.07) is 15.7. The molecule has 6 heteroatoms. The van der Waals surface area contributed by atoms with Gasteiger partial charge in [0.1, 0.15) is 5.82 Å². The van der Waals surface area contributed by atoms with Gasteiger partial charge in [0.05, 0.1) is 0 Å². The number of hydrogen-bond donors (Lipinski definition) is 1. The quantitative estimate of drug-likeness (QED) is 0.337. The van der Waals surface area contributed by atoms with Crippen molar-refractivity contribution in [2.24, 2.45) is 0 Å². The SMILES string of the molecule is Cc1cc(C(=O)COC(=O)CCc2c[nH]c3ccccc23)c(C)n1-c1ccc(F)cc1. The Morgan fingerprint density at radius 3 is 2.58 bits per heavy atom. The van der Waals surface area contributed by atoms with Gasteiger partial charge in [0.15, 0.2) is 6.61 Å². The van der Waals surface area contributed by atoms with E-state index >= 15 is 0 Å². The van der Waals surface area contributed by atoms with Crippen LogP contribution >= 0.6 is 0 Å². The van der Waals surface area contributed by atoms with Crippen molar-refractivity contribution in [1.82, 2.24) is 9.55 Å². The Balaban J connectivity index is 1.38. The van der Waals surface area contributed by atoms with Crippen LogP contribution in [0.1, 0.15) is 33.7 Å². The Labute approximate surface area is 179 Å². The van der Waals surface area contributed by atoms with Gasteiger partial charge in [-0.2, -0.15) is 0 Å². The highest BCUT2D eigenvalue weighted by Crippen LogP contribution is 2.22. The van der Waals surface area contributed by atoms with E-state index in [0.29, 0.717) is 12.0 Å². The Hall–Kier alpha value is -3.67. The molecule has 0 spiro atoms. The zero-order chi connectivity index (χ0) is 22.0. The van der Waals surface area contributed by atoms with Crippen LogP contribution in [0.3, 0.4) is 0 Å². The third-order valence-electron chi connectivity index (χ3n) is 5.45. The van der Waals surface area contributed by atoms with Gasteiger partial charge in [-0.25, -0.2) is 4.39 Å². The molecule has 4 aromatic rings. The summed E-state index contributed by atoms with van der Waals surface area (Å²) in [4.78, 5) is 28.1. The molecule has 2 aromatic carbocycles. The lowest BCUT2D eigenvalue weighted by Gasteiger charge is -2.10. The van der Waals surface area contributed by atoms with Gasteiger partial charge in [0.25, 0.3) is 0 Å². The number of carbonyl (C=O) groups excluding carboxylic acids is 2. The zero-order valence-electron chi connectivity index (χ0n) is 17.4. The smallest absolute Gasteiger partial charge is 0.306 e. The molecule has 0 saturated heterocycles. The van der Waals surface area contributed by atoms with Crippen LogP contribution in [0.15, 0.2) is 60.8 Å². The van der Waals surface area contributed by atoms with Crippen molar-refractivity contribution >= 4 is 22.7 Å². The van der Waals surface area contributed by atoms with Crippen molar-refractivity contribution in [3.63, 3.8) is 0 Å². The fourth-order valence-corrected chi connectivity index (χ4v) is 3.90. The summed E-state index contributed by atoms with van der Waals surface area (Å²) in [7, 11) is 0. The highest BCUT2D eigenvalue weighted by molar-refractivity contribution is 5.99. The summed E-state index contributed by atoms with van der Waals surface area (Å²) in [5, 5.41) is 1.08. The molecule has 158 valence electrons. The number of nitrogens with one attached hydrogen (secondary N) is 1. The number of aromatic amines is 1. The Morgan fingerprint density at radius 2 is 1.81 bits per heavy atom. The lowest BCUT2D eigenvalue weighted by atomic mass is 10.1. The second-order valence-electron chi connectivity index (χ2n) is 7.54. The number of carbonyl (C=O) groups is 2. The van der Waals surface area contributed by atoms with E-state index in [1.165, 1.54) is 12.1 Å². The summed E-state index contributed by atoms with van der Waals surface area (Å²) < 4.78 is 20.3. The lowest BCUT2D eigenvalue weighted by molar-refractivity contribution is -0.142. The van der Waals surface area contributed by atoms with Crippen LogP contribution in [0, 0.1) is 19.7 Å². The number of benzene rings is 2. The van der Waals surface area contributed by atoms with Crippen LogP contribution in [-0.2, 0) is 16.0 Å². The van der Waals surface area contributed by atoms with Gasteiger partial charge >= 0.3 is 5.97 Å². The van der Waals surface area contributed by atoms with Crippen LogP contribution in [0.5, 0.6) is 0 Å². The van der Waals surface area contributed by atoms with Gasteiger partial charge in [-0.1, -0.05) is 18.2 Å². The zero-order valence-corrected chi connectivity index (χ0v) is 17.4. The maximum absolute atomic E-state index is 13.2. The van der Waals surface area contributed by atoms with E-state index in [1.807, 2.05) is 48.9 Å². The second kappa shape index (κ2) is 8.60. The fourth-order valence-electron chi connectivity index (χ4n) is 3.90. The number of aryl methyl sites for hydroxylation is 2. The van der Waals surface area contributed by atoms with Gasteiger partial charge in [-0.05, 0) is 62.2 Å². The number of rotatable bonds is 7. The molecule has 0 unspecified atom stereocenters. The normalized spacial score (nSPS) is 11.1. The number of esters is 1. The number of Topliss-reactive ketones (excluding diaryl/α,β-unsaturated/α-hetero) is 1. The average Bonchev–Trinajstić information content (AvgIpc) is 3.31. The average molecular weight is 418 g/mol. The number of ketones is 1. The van der Waals surface area contributed by atoms with Crippen molar-refractivity contribution in [3.8, 4) is 5.69 Å². The van der Waals surface area contributed by atoms with Crippen molar-refractivity contribution in [3.05, 3.63) is 89.1 Å². The molecule has 0 bridgehead atoms. The summed E-state index contributed by atoms with van der Waals surface area (Å²) in [5.41, 5.74) is 4.90. The van der Waals surface area contributed by atoms with E-state index < -0.39 is 5.97 Å². The van der Waals surface area contributed by atoms with Crippen LogP contribution in [-0.4, -0.2) is 27.9 Å². The van der Waals surface area contributed by atoms with Gasteiger partial charge in [0.2, 0.25) is 5.78 Å². The molecular formula is C25H23FN2O3. The van der Waals surface area contributed by atoms with E-state index in [4.69, 9.17) is 4.74 Å². The Kier molecular flexibility index (Phi) is 5.71.